The van der Waals surface area contributed by atoms with Gasteiger partial charge in [-0.1, -0.05) is 32.3 Å². The predicted molar refractivity (Wildman–Crippen MR) is 97.1 cm³/mol. The summed E-state index contributed by atoms with van der Waals surface area (Å²) in [5.74, 6) is 0.864. The molecule has 0 aliphatic carbocycles. The average Bonchev–Trinajstić information content (AvgIpc) is 3.15. The lowest BCUT2D eigenvalue weighted by atomic mass is 10.1. The SMILES string of the molecule is CCCCCC(C)NC(=O)CCn1c(-c2cccs2)n[nH]c1=S. The summed E-state index contributed by atoms with van der Waals surface area (Å²) in [5.41, 5.74) is 0. The lowest BCUT2D eigenvalue weighted by Crippen LogP contribution is -2.33. The summed E-state index contributed by atoms with van der Waals surface area (Å²) in [6.45, 7) is 4.78. The Kier molecular flexibility index (Phi) is 6.98. The Morgan fingerprint density at radius 1 is 1.52 bits per heavy atom. The van der Waals surface area contributed by atoms with Gasteiger partial charge in [0.1, 0.15) is 0 Å². The largest absolute Gasteiger partial charge is 0.354 e. The zero-order valence-corrected chi connectivity index (χ0v) is 15.3. The Balaban J connectivity index is 1.88. The summed E-state index contributed by atoms with van der Waals surface area (Å²) < 4.78 is 2.44. The smallest absolute Gasteiger partial charge is 0.222 e. The fraction of sp³-hybridized carbons (Fsp3) is 0.562. The number of nitrogens with one attached hydrogen (secondary N) is 2. The molecule has 0 saturated carbocycles. The molecule has 5 nitrogen and oxygen atoms in total. The topological polar surface area (TPSA) is 62.7 Å². The van der Waals surface area contributed by atoms with Crippen molar-refractivity contribution >= 4 is 29.5 Å². The van der Waals surface area contributed by atoms with E-state index in [0.29, 0.717) is 17.7 Å². The number of hydrogen-bond acceptors (Lipinski definition) is 4. The van der Waals surface area contributed by atoms with Crippen LogP contribution in [0.4, 0.5) is 0 Å². The lowest BCUT2D eigenvalue weighted by molar-refractivity contribution is -0.121. The van der Waals surface area contributed by atoms with Crippen LogP contribution in [0, 0.1) is 4.77 Å². The average molecular weight is 353 g/mol. The first-order chi connectivity index (χ1) is 11.1. The van der Waals surface area contributed by atoms with Crippen LogP contribution in [-0.4, -0.2) is 26.7 Å². The Hall–Kier alpha value is -1.47. The van der Waals surface area contributed by atoms with Gasteiger partial charge in [-0.05, 0) is 37.0 Å². The van der Waals surface area contributed by atoms with Gasteiger partial charge >= 0.3 is 0 Å². The van der Waals surface area contributed by atoms with Crippen molar-refractivity contribution in [3.63, 3.8) is 0 Å². The van der Waals surface area contributed by atoms with E-state index in [1.165, 1.54) is 12.8 Å². The van der Waals surface area contributed by atoms with Crippen LogP contribution in [0.3, 0.4) is 0 Å². The molecule has 0 bridgehead atoms. The van der Waals surface area contributed by atoms with Crippen molar-refractivity contribution in [2.45, 2.75) is 58.5 Å². The van der Waals surface area contributed by atoms with E-state index in [0.717, 1.165) is 23.5 Å². The van der Waals surface area contributed by atoms with Gasteiger partial charge in [0.15, 0.2) is 10.6 Å². The highest BCUT2D eigenvalue weighted by Crippen LogP contribution is 2.22. The molecule has 0 spiro atoms. The molecule has 2 aromatic heterocycles. The molecule has 0 radical (unpaired) electrons. The highest BCUT2D eigenvalue weighted by atomic mass is 32.1. The summed E-state index contributed by atoms with van der Waals surface area (Å²) in [7, 11) is 0. The number of carbonyl (C=O) groups is 1. The van der Waals surface area contributed by atoms with Crippen molar-refractivity contribution in [2.75, 3.05) is 0 Å². The fourth-order valence-corrected chi connectivity index (χ4v) is 3.40. The van der Waals surface area contributed by atoms with Gasteiger partial charge in [0.2, 0.25) is 5.91 Å². The van der Waals surface area contributed by atoms with Crippen LogP contribution >= 0.6 is 23.6 Å². The number of unbranched alkanes of at least 4 members (excludes halogenated alkanes) is 2. The summed E-state index contributed by atoms with van der Waals surface area (Å²) in [6, 6.07) is 4.21. The molecule has 1 amide bonds. The van der Waals surface area contributed by atoms with Crippen molar-refractivity contribution in [2.24, 2.45) is 0 Å². The summed E-state index contributed by atoms with van der Waals surface area (Å²) in [5, 5.41) is 12.1. The second-order valence-corrected chi connectivity index (χ2v) is 7.03. The van der Waals surface area contributed by atoms with Crippen LogP contribution in [-0.2, 0) is 11.3 Å². The number of aromatic nitrogens is 3. The van der Waals surface area contributed by atoms with Gasteiger partial charge in [-0.25, -0.2) is 0 Å². The zero-order chi connectivity index (χ0) is 16.7. The number of carbonyl (C=O) groups excluding carboxylic acids is 1. The van der Waals surface area contributed by atoms with Crippen molar-refractivity contribution < 1.29 is 4.79 Å². The molecule has 0 saturated heterocycles. The van der Waals surface area contributed by atoms with Crippen LogP contribution in [0.1, 0.15) is 46.0 Å². The fourth-order valence-electron chi connectivity index (χ4n) is 2.45. The van der Waals surface area contributed by atoms with Crippen molar-refractivity contribution in [3.05, 3.63) is 22.3 Å². The first kappa shape index (κ1) is 17.9. The van der Waals surface area contributed by atoms with Crippen LogP contribution in [0.15, 0.2) is 17.5 Å². The molecular formula is C16H24N4OS2. The maximum Gasteiger partial charge on any atom is 0.222 e. The molecule has 1 atom stereocenters. The molecule has 0 aliphatic heterocycles. The van der Waals surface area contributed by atoms with E-state index >= 15 is 0 Å². The van der Waals surface area contributed by atoms with Crippen molar-refractivity contribution in [1.82, 2.24) is 20.1 Å². The van der Waals surface area contributed by atoms with Gasteiger partial charge in [-0.2, -0.15) is 5.10 Å². The summed E-state index contributed by atoms with van der Waals surface area (Å²) in [6.07, 6.45) is 5.02. The molecule has 1 unspecified atom stereocenters. The van der Waals surface area contributed by atoms with E-state index in [1.54, 1.807) is 11.3 Å². The quantitative estimate of drug-likeness (QED) is 0.526. The maximum absolute atomic E-state index is 12.1. The Bertz CT molecular complexity index is 660. The Morgan fingerprint density at radius 3 is 3.04 bits per heavy atom. The molecule has 2 rings (SSSR count). The molecule has 0 aliphatic rings. The van der Waals surface area contributed by atoms with Gasteiger partial charge in [-0.3, -0.25) is 14.5 Å². The van der Waals surface area contributed by atoms with Crippen molar-refractivity contribution in [3.8, 4) is 10.7 Å². The van der Waals surface area contributed by atoms with E-state index < -0.39 is 0 Å². The minimum atomic E-state index is 0.0641. The van der Waals surface area contributed by atoms with E-state index in [4.69, 9.17) is 12.2 Å². The molecule has 2 N–H and O–H groups in total. The zero-order valence-electron chi connectivity index (χ0n) is 13.7. The molecule has 126 valence electrons. The second-order valence-electron chi connectivity index (χ2n) is 5.70. The van der Waals surface area contributed by atoms with E-state index in [-0.39, 0.29) is 11.9 Å². The standard InChI is InChI=1S/C16H24N4OS2/c1-3-4-5-7-12(2)17-14(21)9-10-20-15(18-19-16(20)22)13-8-6-11-23-13/h6,8,11-12H,3-5,7,9-10H2,1-2H3,(H,17,21)(H,19,22). The minimum Gasteiger partial charge on any atom is -0.354 e. The van der Waals surface area contributed by atoms with Crippen molar-refractivity contribution in [1.29, 1.82) is 0 Å². The van der Waals surface area contributed by atoms with Crippen LogP contribution < -0.4 is 5.32 Å². The number of thiophene rings is 1. The predicted octanol–water partition coefficient (Wildman–Crippen LogP) is 4.14. The molecule has 0 fully saturated rings. The third-order valence-corrected chi connectivity index (χ3v) is 4.89. The van der Waals surface area contributed by atoms with E-state index in [9.17, 15) is 4.79 Å². The second kappa shape index (κ2) is 8.98. The van der Waals surface area contributed by atoms with Crippen LogP contribution in [0.5, 0.6) is 0 Å². The highest BCUT2D eigenvalue weighted by Gasteiger charge is 2.12. The number of hydrogen-bond donors (Lipinski definition) is 2. The summed E-state index contributed by atoms with van der Waals surface area (Å²) in [4.78, 5) is 13.2. The van der Waals surface area contributed by atoms with Crippen LogP contribution in [0.2, 0.25) is 0 Å². The number of H-pyrrole nitrogens is 1. The van der Waals surface area contributed by atoms with Gasteiger partial charge < -0.3 is 5.32 Å². The molecule has 23 heavy (non-hydrogen) atoms. The number of aromatic amines is 1. The first-order valence-corrected chi connectivity index (χ1v) is 9.39. The van der Waals surface area contributed by atoms with Gasteiger partial charge in [0.05, 0.1) is 4.88 Å². The lowest BCUT2D eigenvalue weighted by Gasteiger charge is -2.14. The first-order valence-electron chi connectivity index (χ1n) is 8.10. The normalized spacial score (nSPS) is 12.3. The molecule has 2 heterocycles. The maximum atomic E-state index is 12.1. The monoisotopic (exact) mass is 352 g/mol. The third kappa shape index (κ3) is 5.28. The highest BCUT2D eigenvalue weighted by molar-refractivity contribution is 7.71. The number of amides is 1. The van der Waals surface area contributed by atoms with Gasteiger partial charge in [0.25, 0.3) is 0 Å². The number of rotatable bonds is 9. The Labute approximate surface area is 146 Å². The van der Waals surface area contributed by atoms with Crippen LogP contribution in [0.25, 0.3) is 10.7 Å². The summed E-state index contributed by atoms with van der Waals surface area (Å²) >= 11 is 6.88. The van der Waals surface area contributed by atoms with Gasteiger partial charge in [0, 0.05) is 19.0 Å². The third-order valence-electron chi connectivity index (χ3n) is 3.71. The minimum absolute atomic E-state index is 0.0641. The number of nitrogens with zero attached hydrogens (tertiary/aromatic N) is 2. The molecule has 2 aromatic rings. The van der Waals surface area contributed by atoms with Gasteiger partial charge in [-0.15, -0.1) is 11.3 Å². The van der Waals surface area contributed by atoms with E-state index in [1.807, 2.05) is 22.1 Å². The van der Waals surface area contributed by atoms with E-state index in [2.05, 4.69) is 29.4 Å². The molecule has 0 aromatic carbocycles. The Morgan fingerprint density at radius 2 is 2.35 bits per heavy atom. The molecule has 7 heteroatoms. The molecular weight excluding hydrogens is 328 g/mol.